The van der Waals surface area contributed by atoms with Crippen LogP contribution in [0.4, 0.5) is 0 Å². The Hall–Kier alpha value is -12.7. The summed E-state index contributed by atoms with van der Waals surface area (Å²) in [4.78, 5) is 30.8. The summed E-state index contributed by atoms with van der Waals surface area (Å²) in [6.45, 7) is 0. The number of nitrogens with zero attached hydrogens (tertiary/aromatic N) is 5. The average molecular weight is 1410 g/mol. The molecule has 107 heavy (non-hydrogen) atoms. The molecule has 6 heterocycles. The predicted octanol–water partition coefficient (Wildman–Crippen LogP) is 25.7. The Labute approximate surface area is 631 Å². The molecule has 0 fully saturated rings. The van der Waals surface area contributed by atoms with E-state index in [1.54, 1.807) is 0 Å². The molecule has 1 unspecified atom stereocenters. The van der Waals surface area contributed by atoms with Crippen molar-refractivity contribution in [1.29, 1.82) is 0 Å². The van der Waals surface area contributed by atoms with Crippen LogP contribution in [0.25, 0.3) is 144 Å². The van der Waals surface area contributed by atoms with E-state index in [0.717, 1.165) is 73.0 Å². The van der Waals surface area contributed by atoms with Crippen LogP contribution in [0.15, 0.2) is 378 Å². The maximum absolute atomic E-state index is 5.43. The van der Waals surface area contributed by atoms with Crippen molar-refractivity contribution in [2.75, 3.05) is 0 Å². The van der Waals surface area contributed by atoms with E-state index < -0.39 is 10.8 Å². The van der Waals surface area contributed by atoms with Crippen LogP contribution in [0.3, 0.4) is 0 Å². The standard InChI is InChI=1S/C99H59N5S3/c1-3-19-62(20-4-1)86-58-88(103-96(101-86)64-38-34-60(35-39-64)66-45-50-92-83(54-66)98(80-29-13-15-32-90(80)105-92)77-26-10-7-23-71(77)72-24-8-11-27-78(72)98)70-44-49-76-75-48-43-69(56-94(75)107-95(76)57-70)68-42-47-74-73-25-9-12-28-79(73)99(82(74)53-68)81-30-14-16-33-91(81)106-93-51-46-67(55-84(93)99)61-36-40-65(41-37-61)97-102-87(63-21-5-2-6-22-63)59-89(104-97)85-31-17-18-52-100-85/h1-59H. The molecular formula is C99H59N5S3. The third kappa shape index (κ3) is 9.69. The van der Waals surface area contributed by atoms with Crippen LogP contribution >= 0.6 is 34.9 Å². The van der Waals surface area contributed by atoms with E-state index in [9.17, 15) is 0 Å². The fraction of sp³-hybridized carbons (Fsp3) is 0.0202. The third-order valence-electron chi connectivity index (χ3n) is 22.4. The summed E-state index contributed by atoms with van der Waals surface area (Å²) < 4.78 is 2.45. The molecule has 22 rings (SSSR count). The van der Waals surface area contributed by atoms with E-state index in [1.807, 2.05) is 83.5 Å². The minimum atomic E-state index is -0.594. The zero-order valence-corrected chi connectivity index (χ0v) is 60.0. The van der Waals surface area contributed by atoms with Gasteiger partial charge in [0, 0.05) is 73.8 Å². The molecule has 0 saturated heterocycles. The van der Waals surface area contributed by atoms with Crippen LogP contribution in [0, 0.1) is 0 Å². The molecule has 4 aliphatic rings. The second-order valence-corrected chi connectivity index (χ2v) is 31.3. The van der Waals surface area contributed by atoms with E-state index in [1.165, 1.54) is 123 Å². The number of rotatable bonds is 9. The summed E-state index contributed by atoms with van der Waals surface area (Å²) in [6.07, 6.45) is 1.81. The summed E-state index contributed by atoms with van der Waals surface area (Å²) in [5.74, 6) is 1.34. The van der Waals surface area contributed by atoms with Crippen molar-refractivity contribution >= 4 is 55.0 Å². The fourth-order valence-electron chi connectivity index (χ4n) is 17.5. The lowest BCUT2D eigenvalue weighted by atomic mass is 9.66. The molecule has 14 aromatic carbocycles. The van der Waals surface area contributed by atoms with Crippen LogP contribution in [-0.2, 0) is 10.8 Å². The van der Waals surface area contributed by atoms with Crippen molar-refractivity contribution < 1.29 is 0 Å². The number of hydrogen-bond acceptors (Lipinski definition) is 8. The molecule has 0 amide bonds. The predicted molar refractivity (Wildman–Crippen MR) is 440 cm³/mol. The molecule has 2 spiro atoms. The number of pyridine rings is 1. The van der Waals surface area contributed by atoms with Gasteiger partial charge < -0.3 is 0 Å². The number of hydrogen-bond donors (Lipinski definition) is 0. The quantitative estimate of drug-likeness (QED) is 0.143. The molecule has 0 radical (unpaired) electrons. The Balaban J connectivity index is 0.605. The highest BCUT2D eigenvalue weighted by atomic mass is 32.2. The highest BCUT2D eigenvalue weighted by molar-refractivity contribution is 7.99. The van der Waals surface area contributed by atoms with Gasteiger partial charge in [0.2, 0.25) is 0 Å². The largest absolute Gasteiger partial charge is 0.255 e. The van der Waals surface area contributed by atoms with Crippen molar-refractivity contribution in [3.05, 3.63) is 403 Å². The van der Waals surface area contributed by atoms with Gasteiger partial charge in [0.05, 0.1) is 39.3 Å². The van der Waals surface area contributed by atoms with Crippen molar-refractivity contribution in [2.24, 2.45) is 0 Å². The van der Waals surface area contributed by atoms with E-state index in [0.29, 0.717) is 11.6 Å². The van der Waals surface area contributed by atoms with E-state index in [2.05, 4.69) is 314 Å². The van der Waals surface area contributed by atoms with Crippen molar-refractivity contribution in [2.45, 2.75) is 30.4 Å². The van der Waals surface area contributed by atoms with Gasteiger partial charge in [0.25, 0.3) is 0 Å². The summed E-state index contributed by atoms with van der Waals surface area (Å²) in [7, 11) is 0. The monoisotopic (exact) mass is 1410 g/mol. The first-order valence-electron chi connectivity index (χ1n) is 36.2. The molecule has 2 aliphatic heterocycles. The van der Waals surface area contributed by atoms with Gasteiger partial charge in [-0.25, -0.2) is 19.9 Å². The van der Waals surface area contributed by atoms with Crippen molar-refractivity contribution in [3.63, 3.8) is 0 Å². The van der Waals surface area contributed by atoms with Gasteiger partial charge >= 0.3 is 0 Å². The molecule has 1 atom stereocenters. The Morgan fingerprint density at radius 1 is 0.206 bits per heavy atom. The van der Waals surface area contributed by atoms with Gasteiger partial charge in [-0.1, -0.05) is 297 Å². The fourth-order valence-corrected chi connectivity index (χ4v) is 21.0. The van der Waals surface area contributed by atoms with Gasteiger partial charge in [-0.05, 0) is 179 Å². The van der Waals surface area contributed by atoms with E-state index in [-0.39, 0.29) is 0 Å². The molecule has 5 nitrogen and oxygen atoms in total. The molecule has 0 N–H and O–H groups in total. The first kappa shape index (κ1) is 61.8. The molecule has 4 aromatic heterocycles. The molecular weight excluding hydrogens is 1360 g/mol. The van der Waals surface area contributed by atoms with Gasteiger partial charge in [-0.15, -0.1) is 11.3 Å². The number of aromatic nitrogens is 5. The number of thiophene rings is 1. The second-order valence-electron chi connectivity index (χ2n) is 28.1. The van der Waals surface area contributed by atoms with Crippen LogP contribution in [-0.4, -0.2) is 24.9 Å². The summed E-state index contributed by atoms with van der Waals surface area (Å²) in [5.41, 5.74) is 30.8. The van der Waals surface area contributed by atoms with E-state index >= 15 is 0 Å². The maximum atomic E-state index is 5.43. The van der Waals surface area contributed by atoms with Gasteiger partial charge in [-0.2, -0.15) is 0 Å². The maximum Gasteiger partial charge on any atom is 0.160 e. The number of benzene rings is 14. The lowest BCUT2D eigenvalue weighted by Gasteiger charge is -2.40. The van der Waals surface area contributed by atoms with Gasteiger partial charge in [-0.3, -0.25) is 4.98 Å². The van der Waals surface area contributed by atoms with E-state index in [4.69, 9.17) is 19.9 Å². The summed E-state index contributed by atoms with van der Waals surface area (Å²) >= 11 is 5.59. The topological polar surface area (TPSA) is 64.5 Å². The van der Waals surface area contributed by atoms with Crippen molar-refractivity contribution in [3.8, 4) is 124 Å². The Morgan fingerprint density at radius 3 is 1.08 bits per heavy atom. The molecule has 0 saturated carbocycles. The Kier molecular flexibility index (Phi) is 14.1. The zero-order valence-electron chi connectivity index (χ0n) is 57.5. The summed E-state index contributed by atoms with van der Waals surface area (Å²) in [6, 6.07) is 129. The Bertz CT molecular complexity index is 6590. The van der Waals surface area contributed by atoms with Crippen LogP contribution in [0.2, 0.25) is 0 Å². The molecule has 498 valence electrons. The minimum Gasteiger partial charge on any atom is -0.255 e. The lowest BCUT2D eigenvalue weighted by Crippen LogP contribution is -2.32. The number of fused-ring (bicyclic) bond motifs is 21. The average Bonchev–Trinajstić information content (AvgIpc) is 1.56. The molecule has 18 aromatic rings. The first-order valence-corrected chi connectivity index (χ1v) is 38.7. The van der Waals surface area contributed by atoms with Crippen molar-refractivity contribution in [1.82, 2.24) is 24.9 Å². The summed E-state index contributed by atoms with van der Waals surface area (Å²) in [5, 5.41) is 2.47. The zero-order chi connectivity index (χ0) is 70.3. The minimum absolute atomic E-state index is 0.447. The third-order valence-corrected chi connectivity index (χ3v) is 25.8. The van der Waals surface area contributed by atoms with Gasteiger partial charge in [0.1, 0.15) is 0 Å². The second kappa shape index (κ2) is 24.5. The van der Waals surface area contributed by atoms with Crippen LogP contribution in [0.1, 0.15) is 44.5 Å². The molecule has 8 heteroatoms. The first-order chi connectivity index (χ1) is 53.0. The van der Waals surface area contributed by atoms with Crippen LogP contribution in [0.5, 0.6) is 0 Å². The highest BCUT2D eigenvalue weighted by Gasteiger charge is 2.52. The Morgan fingerprint density at radius 2 is 0.561 bits per heavy atom. The lowest BCUT2D eigenvalue weighted by molar-refractivity contribution is 0.723. The smallest absolute Gasteiger partial charge is 0.160 e. The highest BCUT2D eigenvalue weighted by Crippen LogP contribution is 2.65. The SMILES string of the molecule is c1ccc(-c2cc(-c3ccc4c(c3)sc3cc(-c5ccc6c(c5)C5(c7ccccc7Sc7ccc(-c8ccc(-c9nc(-c%10ccccc%10)cc(-c%10ccccn%10)n9)cc8)cc75)c5ccccc5-6)ccc34)nc(-c3ccc(-c4ccc5c(c4)C4(c6ccccc6S5)c5ccccc5-c5ccccc54)cc3)n2)cc1. The molecule has 0 bridgehead atoms. The van der Waals surface area contributed by atoms with Gasteiger partial charge in [0.15, 0.2) is 11.6 Å². The van der Waals surface area contributed by atoms with Crippen LogP contribution < -0.4 is 0 Å². The molecule has 2 aliphatic carbocycles. The normalized spacial score (nSPS) is 14.4.